The molecule has 1 aliphatic heterocycles. The van der Waals surface area contributed by atoms with E-state index in [0.29, 0.717) is 48.4 Å². The Bertz CT molecular complexity index is 707. The number of carboxylic acid groups (broad SMARTS) is 1. The maximum atomic E-state index is 11.5. The first-order valence-corrected chi connectivity index (χ1v) is 7.47. The number of rotatable bonds is 3. The molecule has 6 nitrogen and oxygen atoms in total. The van der Waals surface area contributed by atoms with Crippen LogP contribution in [-0.2, 0) is 4.74 Å². The summed E-state index contributed by atoms with van der Waals surface area (Å²) in [5.74, 6) is -0.596. The lowest BCUT2D eigenvalue weighted by Gasteiger charge is -2.36. The van der Waals surface area contributed by atoms with Crippen LogP contribution in [0.3, 0.4) is 0 Å². The van der Waals surface area contributed by atoms with Crippen LogP contribution in [0.4, 0.5) is 6.01 Å². The summed E-state index contributed by atoms with van der Waals surface area (Å²) < 4.78 is 11.4. The molecular formula is C16H20N2O4. The molecular weight excluding hydrogens is 284 g/mol. The van der Waals surface area contributed by atoms with Gasteiger partial charge < -0.3 is 19.2 Å². The lowest BCUT2D eigenvalue weighted by Crippen LogP contribution is -2.48. The third-order valence-electron chi connectivity index (χ3n) is 4.15. The third-order valence-corrected chi connectivity index (χ3v) is 4.15. The van der Waals surface area contributed by atoms with E-state index in [-0.39, 0.29) is 11.6 Å². The van der Waals surface area contributed by atoms with E-state index in [1.54, 1.807) is 19.1 Å². The van der Waals surface area contributed by atoms with E-state index < -0.39 is 5.97 Å². The van der Waals surface area contributed by atoms with E-state index in [9.17, 15) is 9.90 Å². The fraction of sp³-hybridized carbons (Fsp3) is 0.500. The van der Waals surface area contributed by atoms with Crippen molar-refractivity contribution >= 4 is 23.1 Å². The molecule has 1 atom stereocenters. The number of fused-ring (bicyclic) bond motifs is 1. The highest BCUT2D eigenvalue weighted by atomic mass is 16.5. The second-order valence-electron chi connectivity index (χ2n) is 5.99. The molecule has 1 unspecified atom stereocenters. The molecule has 1 aromatic heterocycles. The summed E-state index contributed by atoms with van der Waals surface area (Å²) in [6, 6.07) is 4.18. The smallest absolute Gasteiger partial charge is 0.338 e. The van der Waals surface area contributed by atoms with Gasteiger partial charge in [0.2, 0.25) is 0 Å². The van der Waals surface area contributed by atoms with Crippen molar-refractivity contribution in [2.45, 2.75) is 26.8 Å². The standard InChI is InChI=1S/C16H20N2O4/c1-9(2)11-8-21-7-6-18(11)16-17-14-12(22-16)5-4-10(3)13(14)15(19)20/h4-5,9,11H,6-8H2,1-3H3,(H,19,20). The number of carbonyl (C=O) groups is 1. The van der Waals surface area contributed by atoms with Gasteiger partial charge in [0.15, 0.2) is 5.58 Å². The van der Waals surface area contributed by atoms with Crippen LogP contribution in [0.5, 0.6) is 0 Å². The molecule has 2 heterocycles. The number of benzene rings is 1. The normalized spacial score (nSPS) is 19.1. The molecule has 118 valence electrons. The third kappa shape index (κ3) is 2.43. The van der Waals surface area contributed by atoms with Crippen molar-refractivity contribution in [3.05, 3.63) is 23.3 Å². The van der Waals surface area contributed by atoms with Crippen molar-refractivity contribution in [2.75, 3.05) is 24.7 Å². The van der Waals surface area contributed by atoms with Crippen molar-refractivity contribution in [3.8, 4) is 0 Å². The predicted molar refractivity (Wildman–Crippen MR) is 82.5 cm³/mol. The van der Waals surface area contributed by atoms with Crippen molar-refractivity contribution in [2.24, 2.45) is 5.92 Å². The number of nitrogens with zero attached hydrogens (tertiary/aromatic N) is 2. The van der Waals surface area contributed by atoms with Gasteiger partial charge in [-0.1, -0.05) is 19.9 Å². The number of aromatic nitrogens is 1. The summed E-state index contributed by atoms with van der Waals surface area (Å²) in [6.07, 6.45) is 0. The maximum absolute atomic E-state index is 11.5. The topological polar surface area (TPSA) is 75.8 Å². The monoisotopic (exact) mass is 304 g/mol. The van der Waals surface area contributed by atoms with E-state index >= 15 is 0 Å². The van der Waals surface area contributed by atoms with Crippen molar-refractivity contribution in [1.29, 1.82) is 0 Å². The number of morpholine rings is 1. The summed E-state index contributed by atoms with van der Waals surface area (Å²) >= 11 is 0. The number of hydrogen-bond acceptors (Lipinski definition) is 5. The van der Waals surface area contributed by atoms with Gasteiger partial charge in [0, 0.05) is 6.54 Å². The number of anilines is 1. The average molecular weight is 304 g/mol. The highest BCUT2D eigenvalue weighted by molar-refractivity contribution is 6.02. The molecule has 1 aliphatic rings. The van der Waals surface area contributed by atoms with Crippen LogP contribution in [0, 0.1) is 12.8 Å². The lowest BCUT2D eigenvalue weighted by atomic mass is 10.0. The number of ether oxygens (including phenoxy) is 1. The Hall–Kier alpha value is -2.08. The zero-order chi connectivity index (χ0) is 15.9. The zero-order valence-electron chi connectivity index (χ0n) is 13.0. The molecule has 1 saturated heterocycles. The molecule has 1 N–H and O–H groups in total. The van der Waals surface area contributed by atoms with Gasteiger partial charge in [0.25, 0.3) is 6.01 Å². The minimum absolute atomic E-state index is 0.177. The second kappa shape index (κ2) is 5.61. The molecule has 3 rings (SSSR count). The van der Waals surface area contributed by atoms with Crippen LogP contribution >= 0.6 is 0 Å². The summed E-state index contributed by atoms with van der Waals surface area (Å²) in [5.41, 5.74) is 1.81. The SMILES string of the molecule is Cc1ccc2oc(N3CCOCC3C(C)C)nc2c1C(=O)O. The van der Waals surface area contributed by atoms with Gasteiger partial charge in [0.1, 0.15) is 5.52 Å². The first-order chi connectivity index (χ1) is 10.5. The summed E-state index contributed by atoms with van der Waals surface area (Å²) in [5, 5.41) is 9.41. The van der Waals surface area contributed by atoms with Gasteiger partial charge >= 0.3 is 5.97 Å². The zero-order valence-corrected chi connectivity index (χ0v) is 13.0. The molecule has 1 fully saturated rings. The van der Waals surface area contributed by atoms with Crippen molar-refractivity contribution < 1.29 is 19.1 Å². The van der Waals surface area contributed by atoms with E-state index in [1.165, 1.54) is 0 Å². The summed E-state index contributed by atoms with van der Waals surface area (Å²) in [7, 11) is 0. The van der Waals surface area contributed by atoms with Crippen molar-refractivity contribution in [3.63, 3.8) is 0 Å². The summed E-state index contributed by atoms with van der Waals surface area (Å²) in [6.45, 7) is 7.96. The molecule has 0 spiro atoms. The molecule has 6 heteroatoms. The van der Waals surface area contributed by atoms with E-state index in [2.05, 4.69) is 23.7 Å². The molecule has 0 saturated carbocycles. The minimum atomic E-state index is -0.981. The van der Waals surface area contributed by atoms with Gasteiger partial charge in [0.05, 0.1) is 24.8 Å². The summed E-state index contributed by atoms with van der Waals surface area (Å²) in [4.78, 5) is 18.0. The quantitative estimate of drug-likeness (QED) is 0.939. The molecule has 22 heavy (non-hydrogen) atoms. The highest BCUT2D eigenvalue weighted by Gasteiger charge is 2.30. The van der Waals surface area contributed by atoms with Crippen LogP contribution in [0.1, 0.15) is 29.8 Å². The molecule has 0 radical (unpaired) electrons. The highest BCUT2D eigenvalue weighted by Crippen LogP contribution is 2.30. The largest absolute Gasteiger partial charge is 0.478 e. The van der Waals surface area contributed by atoms with Crippen LogP contribution in [0.2, 0.25) is 0 Å². The molecule has 1 aromatic carbocycles. The molecule has 0 aliphatic carbocycles. The number of aromatic carboxylic acids is 1. The first-order valence-electron chi connectivity index (χ1n) is 7.47. The fourth-order valence-corrected chi connectivity index (χ4v) is 2.89. The van der Waals surface area contributed by atoms with Crippen molar-refractivity contribution in [1.82, 2.24) is 4.98 Å². The van der Waals surface area contributed by atoms with E-state index in [1.807, 2.05) is 0 Å². The van der Waals surface area contributed by atoms with E-state index in [4.69, 9.17) is 9.15 Å². The van der Waals surface area contributed by atoms with Gasteiger partial charge in [-0.05, 0) is 24.5 Å². The molecule has 0 bridgehead atoms. The second-order valence-corrected chi connectivity index (χ2v) is 5.99. The van der Waals surface area contributed by atoms with Gasteiger partial charge in [-0.3, -0.25) is 0 Å². The Kier molecular flexibility index (Phi) is 3.78. The number of oxazole rings is 1. The van der Waals surface area contributed by atoms with E-state index in [0.717, 1.165) is 0 Å². The Balaban J connectivity index is 2.08. The molecule has 2 aromatic rings. The Morgan fingerprint density at radius 3 is 2.91 bits per heavy atom. The Morgan fingerprint density at radius 2 is 2.23 bits per heavy atom. The minimum Gasteiger partial charge on any atom is -0.478 e. The number of hydrogen-bond donors (Lipinski definition) is 1. The Morgan fingerprint density at radius 1 is 1.45 bits per heavy atom. The number of aryl methyl sites for hydroxylation is 1. The van der Waals surface area contributed by atoms with Crippen LogP contribution in [0.15, 0.2) is 16.5 Å². The lowest BCUT2D eigenvalue weighted by molar-refractivity contribution is 0.0698. The first kappa shape index (κ1) is 14.8. The Labute approximate surface area is 128 Å². The predicted octanol–water partition coefficient (Wildman–Crippen LogP) is 2.70. The fourth-order valence-electron chi connectivity index (χ4n) is 2.89. The maximum Gasteiger partial charge on any atom is 0.338 e. The van der Waals surface area contributed by atoms with Crippen LogP contribution in [-0.4, -0.2) is 41.9 Å². The van der Waals surface area contributed by atoms with Crippen LogP contribution in [0.25, 0.3) is 11.1 Å². The van der Waals surface area contributed by atoms with Gasteiger partial charge in [-0.2, -0.15) is 4.98 Å². The van der Waals surface area contributed by atoms with Gasteiger partial charge in [-0.15, -0.1) is 0 Å². The average Bonchev–Trinajstić information content (AvgIpc) is 2.90. The molecule has 0 amide bonds. The number of carboxylic acids is 1. The van der Waals surface area contributed by atoms with Gasteiger partial charge in [-0.25, -0.2) is 4.79 Å². The van der Waals surface area contributed by atoms with Crippen LogP contribution < -0.4 is 4.90 Å².